The number of nitrogens with zero attached hydrogens (tertiary/aromatic N) is 2. The third kappa shape index (κ3) is 7.07. The van der Waals surface area contributed by atoms with Gasteiger partial charge in [-0.2, -0.15) is 0 Å². The standard InChI is InChI=1S/C26H35N5O2/c1-4-19(3)25(33)30-22-9-6-8-21(16-22)18-29-26(27-5-2)28-17-20-11-13-23(14-12-20)31-15-7-10-24(31)32/h6,8-9,11-14,16,19H,4-5,7,10,15,17-18H2,1-3H3,(H,30,33)(H2,27,28,29). The van der Waals surface area contributed by atoms with Crippen LogP contribution in [0, 0.1) is 5.92 Å². The maximum Gasteiger partial charge on any atom is 0.227 e. The van der Waals surface area contributed by atoms with Gasteiger partial charge in [-0.1, -0.05) is 38.1 Å². The van der Waals surface area contributed by atoms with Crippen LogP contribution >= 0.6 is 0 Å². The van der Waals surface area contributed by atoms with E-state index in [-0.39, 0.29) is 17.7 Å². The summed E-state index contributed by atoms with van der Waals surface area (Å²) in [5.74, 6) is 0.950. The summed E-state index contributed by atoms with van der Waals surface area (Å²) in [5, 5.41) is 9.61. The van der Waals surface area contributed by atoms with Crippen LogP contribution in [-0.4, -0.2) is 30.9 Å². The van der Waals surface area contributed by atoms with E-state index in [4.69, 9.17) is 0 Å². The van der Waals surface area contributed by atoms with Gasteiger partial charge in [-0.3, -0.25) is 9.59 Å². The molecule has 33 heavy (non-hydrogen) atoms. The molecule has 1 unspecified atom stereocenters. The molecule has 7 nitrogen and oxygen atoms in total. The Morgan fingerprint density at radius 2 is 1.88 bits per heavy atom. The predicted molar refractivity (Wildman–Crippen MR) is 134 cm³/mol. The molecule has 1 saturated heterocycles. The molecule has 176 valence electrons. The fraction of sp³-hybridized carbons (Fsp3) is 0.423. The van der Waals surface area contributed by atoms with Gasteiger partial charge in [-0.25, -0.2) is 4.99 Å². The molecular weight excluding hydrogens is 414 g/mol. The van der Waals surface area contributed by atoms with E-state index in [2.05, 4.69) is 20.9 Å². The Bertz CT molecular complexity index is 971. The van der Waals surface area contributed by atoms with Crippen molar-refractivity contribution in [3.05, 3.63) is 59.7 Å². The summed E-state index contributed by atoms with van der Waals surface area (Å²) < 4.78 is 0. The zero-order valence-electron chi connectivity index (χ0n) is 19.9. The lowest BCUT2D eigenvalue weighted by molar-refractivity contribution is -0.119. The Morgan fingerprint density at radius 1 is 1.09 bits per heavy atom. The summed E-state index contributed by atoms with van der Waals surface area (Å²) in [6.45, 7) is 8.65. The van der Waals surface area contributed by atoms with Gasteiger partial charge >= 0.3 is 0 Å². The van der Waals surface area contributed by atoms with Crippen LogP contribution in [-0.2, 0) is 22.7 Å². The summed E-state index contributed by atoms with van der Waals surface area (Å²) >= 11 is 0. The smallest absolute Gasteiger partial charge is 0.227 e. The highest BCUT2D eigenvalue weighted by molar-refractivity contribution is 5.95. The average molecular weight is 450 g/mol. The Hall–Kier alpha value is -3.35. The van der Waals surface area contributed by atoms with Crippen molar-refractivity contribution >= 4 is 29.1 Å². The second-order valence-corrected chi connectivity index (χ2v) is 8.36. The molecule has 3 rings (SSSR count). The molecule has 0 saturated carbocycles. The minimum Gasteiger partial charge on any atom is -0.357 e. The lowest BCUT2D eigenvalue weighted by Crippen LogP contribution is -2.36. The number of nitrogens with one attached hydrogen (secondary N) is 3. The zero-order valence-corrected chi connectivity index (χ0v) is 19.9. The van der Waals surface area contributed by atoms with Crippen molar-refractivity contribution in [1.82, 2.24) is 10.6 Å². The molecular formula is C26H35N5O2. The molecule has 2 aromatic rings. The first-order valence-electron chi connectivity index (χ1n) is 11.8. The molecule has 1 heterocycles. The molecule has 0 aromatic heterocycles. The second kappa shape index (κ2) is 12.0. The summed E-state index contributed by atoms with van der Waals surface area (Å²) in [7, 11) is 0. The van der Waals surface area contributed by atoms with Gasteiger partial charge in [0.15, 0.2) is 5.96 Å². The van der Waals surface area contributed by atoms with Crippen LogP contribution in [0.4, 0.5) is 11.4 Å². The van der Waals surface area contributed by atoms with Crippen LogP contribution in [0.2, 0.25) is 0 Å². The molecule has 1 atom stereocenters. The summed E-state index contributed by atoms with van der Waals surface area (Å²) in [6, 6.07) is 15.9. The van der Waals surface area contributed by atoms with Crippen molar-refractivity contribution in [1.29, 1.82) is 0 Å². The van der Waals surface area contributed by atoms with Gasteiger partial charge in [0.05, 0.1) is 6.54 Å². The number of carbonyl (C=O) groups is 2. The van der Waals surface area contributed by atoms with Crippen LogP contribution in [0.25, 0.3) is 0 Å². The average Bonchev–Trinajstić information content (AvgIpc) is 3.26. The van der Waals surface area contributed by atoms with Crippen molar-refractivity contribution in [2.24, 2.45) is 10.9 Å². The van der Waals surface area contributed by atoms with Gasteiger partial charge in [0.25, 0.3) is 0 Å². The van der Waals surface area contributed by atoms with Crippen LogP contribution in [0.15, 0.2) is 53.5 Å². The number of anilines is 2. The molecule has 0 radical (unpaired) electrons. The fourth-order valence-corrected chi connectivity index (χ4v) is 3.61. The van der Waals surface area contributed by atoms with E-state index in [0.717, 1.165) is 54.4 Å². The second-order valence-electron chi connectivity index (χ2n) is 8.36. The Labute approximate surface area is 196 Å². The molecule has 7 heteroatoms. The minimum atomic E-state index is -0.0128. The van der Waals surface area contributed by atoms with Crippen molar-refractivity contribution in [2.45, 2.75) is 53.1 Å². The van der Waals surface area contributed by atoms with E-state index in [1.165, 1.54) is 0 Å². The van der Waals surface area contributed by atoms with Crippen molar-refractivity contribution in [3.8, 4) is 0 Å². The molecule has 2 amide bonds. The van der Waals surface area contributed by atoms with E-state index < -0.39 is 0 Å². The van der Waals surface area contributed by atoms with Crippen LogP contribution in [0.1, 0.15) is 51.2 Å². The van der Waals surface area contributed by atoms with E-state index >= 15 is 0 Å². The van der Waals surface area contributed by atoms with Crippen molar-refractivity contribution < 1.29 is 9.59 Å². The normalized spacial score (nSPS) is 14.8. The van der Waals surface area contributed by atoms with Gasteiger partial charge in [-0.15, -0.1) is 0 Å². The molecule has 2 aromatic carbocycles. The molecule has 0 spiro atoms. The lowest BCUT2D eigenvalue weighted by Gasteiger charge is -2.16. The highest BCUT2D eigenvalue weighted by Crippen LogP contribution is 2.21. The lowest BCUT2D eigenvalue weighted by atomic mass is 10.1. The number of amides is 2. The van der Waals surface area contributed by atoms with Crippen molar-refractivity contribution in [3.63, 3.8) is 0 Å². The number of hydrogen-bond acceptors (Lipinski definition) is 3. The van der Waals surface area contributed by atoms with Crippen LogP contribution in [0.5, 0.6) is 0 Å². The first-order valence-corrected chi connectivity index (χ1v) is 11.8. The van der Waals surface area contributed by atoms with E-state index in [1.54, 1.807) is 0 Å². The van der Waals surface area contributed by atoms with Gasteiger partial charge in [-0.05, 0) is 55.2 Å². The monoisotopic (exact) mass is 449 g/mol. The van der Waals surface area contributed by atoms with Gasteiger partial charge in [0, 0.05) is 43.3 Å². The highest BCUT2D eigenvalue weighted by Gasteiger charge is 2.21. The number of rotatable bonds is 9. The van der Waals surface area contributed by atoms with Gasteiger partial charge < -0.3 is 20.9 Å². The molecule has 1 fully saturated rings. The van der Waals surface area contributed by atoms with Gasteiger partial charge in [0.1, 0.15) is 0 Å². The number of benzene rings is 2. The molecule has 1 aliphatic rings. The van der Waals surface area contributed by atoms with E-state index in [0.29, 0.717) is 19.5 Å². The maximum atomic E-state index is 12.2. The minimum absolute atomic E-state index is 0.0128. The SMILES string of the molecule is CCNC(=NCc1cccc(NC(=O)C(C)CC)c1)NCc1ccc(N2CCCC2=O)cc1. The quantitative estimate of drug-likeness (QED) is 0.398. The summed E-state index contributed by atoms with van der Waals surface area (Å²) in [4.78, 5) is 30.6. The molecule has 3 N–H and O–H groups in total. The number of hydrogen-bond donors (Lipinski definition) is 3. The Balaban J connectivity index is 1.57. The number of guanidine groups is 1. The maximum absolute atomic E-state index is 12.2. The third-order valence-electron chi connectivity index (χ3n) is 5.80. The first kappa shape index (κ1) is 24.3. The van der Waals surface area contributed by atoms with Gasteiger partial charge in [0.2, 0.25) is 11.8 Å². The Kier molecular flexibility index (Phi) is 8.87. The predicted octanol–water partition coefficient (Wildman–Crippen LogP) is 4.05. The third-order valence-corrected chi connectivity index (χ3v) is 5.80. The topological polar surface area (TPSA) is 85.8 Å². The van der Waals surface area contributed by atoms with Crippen molar-refractivity contribution in [2.75, 3.05) is 23.3 Å². The van der Waals surface area contributed by atoms with E-state index in [1.807, 2.05) is 74.2 Å². The fourth-order valence-electron chi connectivity index (χ4n) is 3.61. The zero-order chi connectivity index (χ0) is 23.6. The molecule has 1 aliphatic heterocycles. The highest BCUT2D eigenvalue weighted by atomic mass is 16.2. The largest absolute Gasteiger partial charge is 0.357 e. The molecule has 0 bridgehead atoms. The number of aliphatic imine (C=N–C) groups is 1. The Morgan fingerprint density at radius 3 is 2.55 bits per heavy atom. The van der Waals surface area contributed by atoms with E-state index in [9.17, 15) is 9.59 Å². The first-order chi connectivity index (χ1) is 16.0. The summed E-state index contributed by atoms with van der Waals surface area (Å²) in [6.07, 6.45) is 2.38. The van der Waals surface area contributed by atoms with Crippen LogP contribution in [0.3, 0.4) is 0 Å². The summed E-state index contributed by atoms with van der Waals surface area (Å²) in [5.41, 5.74) is 3.89. The van der Waals surface area contributed by atoms with Crippen LogP contribution < -0.4 is 20.9 Å². The molecule has 0 aliphatic carbocycles. The number of carbonyl (C=O) groups excluding carboxylic acids is 2.